The first-order valence-electron chi connectivity index (χ1n) is 11.5. The van der Waals surface area contributed by atoms with Crippen LogP contribution < -0.4 is 10.8 Å². The van der Waals surface area contributed by atoms with Gasteiger partial charge in [-0.2, -0.15) is 0 Å². The maximum atomic E-state index is 8.84. The highest BCUT2D eigenvalue weighted by molar-refractivity contribution is 8.13. The standard InChI is InChI=1S/C25H30N6O2S/c1-17(30-33-12-11-32)18-7-10-24(26)31(16-18)25(27)34-22-8-9-23-19(14-22)13-21(15-28-23)29-20-5-3-2-4-6-20/h7-10,13-16,20,26-27,29,32H,2-6,11-12H2,1H3/b26-24?,27-25?,30-17+. The predicted molar refractivity (Wildman–Crippen MR) is 137 cm³/mol. The zero-order chi connectivity index (χ0) is 23.9. The van der Waals surface area contributed by atoms with Crippen molar-refractivity contribution in [2.24, 2.45) is 5.16 Å². The smallest absolute Gasteiger partial charge is 0.171 e. The molecule has 4 N–H and O–H groups in total. The van der Waals surface area contributed by atoms with Crippen molar-refractivity contribution in [3.8, 4) is 0 Å². The van der Waals surface area contributed by atoms with Gasteiger partial charge in [-0.1, -0.05) is 36.2 Å². The number of aliphatic hydroxyl groups excluding tert-OH is 1. The van der Waals surface area contributed by atoms with Crippen molar-refractivity contribution in [2.45, 2.75) is 50.0 Å². The Morgan fingerprint density at radius 2 is 2.06 bits per heavy atom. The van der Waals surface area contributed by atoms with E-state index in [1.165, 1.54) is 48.4 Å². The average Bonchev–Trinajstić information content (AvgIpc) is 2.85. The summed E-state index contributed by atoms with van der Waals surface area (Å²) in [6.07, 6.45) is 9.88. The molecule has 4 rings (SSSR count). The second kappa shape index (κ2) is 11.3. The molecule has 1 fully saturated rings. The van der Waals surface area contributed by atoms with Gasteiger partial charge in [-0.05, 0) is 56.2 Å². The molecule has 0 atom stereocenters. The number of aliphatic hydroxyl groups is 1. The van der Waals surface area contributed by atoms with Crippen molar-refractivity contribution in [3.63, 3.8) is 0 Å². The van der Waals surface area contributed by atoms with Gasteiger partial charge in [-0.3, -0.25) is 20.4 Å². The van der Waals surface area contributed by atoms with Crippen LogP contribution in [-0.2, 0) is 4.84 Å². The van der Waals surface area contributed by atoms with Crippen LogP contribution in [0.4, 0.5) is 5.69 Å². The number of benzene rings is 1. The van der Waals surface area contributed by atoms with Crippen LogP contribution in [0, 0.1) is 10.8 Å². The number of rotatable bonds is 7. The molecule has 0 bridgehead atoms. The highest BCUT2D eigenvalue weighted by atomic mass is 32.2. The summed E-state index contributed by atoms with van der Waals surface area (Å²) in [4.78, 5) is 10.5. The van der Waals surface area contributed by atoms with Gasteiger partial charge in [0.05, 0.1) is 29.7 Å². The second-order valence-electron chi connectivity index (χ2n) is 8.37. The molecule has 34 heavy (non-hydrogen) atoms. The number of fused-ring (bicyclic) bond motifs is 1. The first kappa shape index (κ1) is 24.0. The number of nitrogens with zero attached hydrogens (tertiary/aromatic N) is 3. The molecule has 1 aliphatic rings. The molecule has 0 unspecified atom stereocenters. The van der Waals surface area contributed by atoms with E-state index in [1.54, 1.807) is 25.3 Å². The summed E-state index contributed by atoms with van der Waals surface area (Å²) in [6.45, 7) is 1.80. The molecular weight excluding hydrogens is 448 g/mol. The highest BCUT2D eigenvalue weighted by Gasteiger charge is 2.13. The quantitative estimate of drug-likeness (QED) is 0.130. The van der Waals surface area contributed by atoms with E-state index in [4.69, 9.17) is 20.8 Å². The third kappa shape index (κ3) is 6.03. The van der Waals surface area contributed by atoms with Crippen molar-refractivity contribution in [1.29, 1.82) is 10.8 Å². The van der Waals surface area contributed by atoms with Gasteiger partial charge >= 0.3 is 0 Å². The van der Waals surface area contributed by atoms with Crippen molar-refractivity contribution in [2.75, 3.05) is 18.5 Å². The fourth-order valence-electron chi connectivity index (χ4n) is 4.01. The van der Waals surface area contributed by atoms with Crippen LogP contribution in [0.15, 0.2) is 58.8 Å². The lowest BCUT2D eigenvalue weighted by atomic mass is 9.95. The number of pyridine rings is 2. The third-order valence-electron chi connectivity index (χ3n) is 5.81. The van der Waals surface area contributed by atoms with Crippen LogP contribution in [0.3, 0.4) is 0 Å². The second-order valence-corrected chi connectivity index (χ2v) is 9.43. The van der Waals surface area contributed by atoms with E-state index in [1.807, 2.05) is 24.4 Å². The van der Waals surface area contributed by atoms with Crippen molar-refractivity contribution in [1.82, 2.24) is 9.55 Å². The molecule has 1 aromatic carbocycles. The Morgan fingerprint density at radius 3 is 2.85 bits per heavy atom. The number of nitrogens with one attached hydrogen (secondary N) is 3. The van der Waals surface area contributed by atoms with Gasteiger partial charge in [0.2, 0.25) is 0 Å². The van der Waals surface area contributed by atoms with Crippen molar-refractivity contribution in [3.05, 3.63) is 59.8 Å². The van der Waals surface area contributed by atoms with Crippen LogP contribution in [0.1, 0.15) is 44.6 Å². The molecule has 1 aliphatic carbocycles. The first-order valence-corrected chi connectivity index (χ1v) is 12.3. The van der Waals surface area contributed by atoms with E-state index in [2.05, 4.69) is 21.5 Å². The molecule has 0 radical (unpaired) electrons. The topological polar surface area (TPSA) is 119 Å². The minimum atomic E-state index is -0.108. The predicted octanol–water partition coefficient (Wildman–Crippen LogP) is 4.57. The number of anilines is 1. The van der Waals surface area contributed by atoms with Gasteiger partial charge in [0.25, 0.3) is 0 Å². The van der Waals surface area contributed by atoms with Gasteiger partial charge in [0.1, 0.15) is 12.1 Å². The van der Waals surface area contributed by atoms with E-state index in [9.17, 15) is 0 Å². The minimum absolute atomic E-state index is 0.108. The maximum Gasteiger partial charge on any atom is 0.171 e. The lowest BCUT2D eigenvalue weighted by molar-refractivity contribution is 0.0986. The van der Waals surface area contributed by atoms with Gasteiger partial charge in [0.15, 0.2) is 5.17 Å². The fraction of sp³-hybridized carbons (Fsp3) is 0.360. The van der Waals surface area contributed by atoms with Gasteiger partial charge in [0, 0.05) is 28.1 Å². The molecule has 0 amide bonds. The van der Waals surface area contributed by atoms with Crippen molar-refractivity contribution >= 4 is 39.2 Å². The molecule has 178 valence electrons. The Balaban J connectivity index is 1.51. The zero-order valence-electron chi connectivity index (χ0n) is 19.3. The van der Waals surface area contributed by atoms with Crippen LogP contribution in [-0.4, -0.2) is 44.8 Å². The van der Waals surface area contributed by atoms with E-state index in [-0.39, 0.29) is 23.9 Å². The number of aromatic nitrogens is 2. The number of hydrogen-bond acceptors (Lipinski definition) is 8. The Kier molecular flexibility index (Phi) is 7.97. The summed E-state index contributed by atoms with van der Waals surface area (Å²) in [7, 11) is 0. The SMILES string of the molecule is C/C(=N\OCCO)c1ccc(=N)n(C(=N)Sc2ccc3ncc(NC4CCCCC4)cc3c2)c1. The lowest BCUT2D eigenvalue weighted by Gasteiger charge is -2.23. The summed E-state index contributed by atoms with van der Waals surface area (Å²) in [5.74, 6) is 0. The Morgan fingerprint density at radius 1 is 1.24 bits per heavy atom. The molecule has 0 spiro atoms. The van der Waals surface area contributed by atoms with Crippen molar-refractivity contribution < 1.29 is 9.94 Å². The Hall–Kier alpha value is -3.17. The minimum Gasteiger partial charge on any atom is -0.393 e. The molecule has 0 saturated heterocycles. The highest BCUT2D eigenvalue weighted by Crippen LogP contribution is 2.27. The molecule has 9 heteroatoms. The molecule has 3 aromatic rings. The lowest BCUT2D eigenvalue weighted by Crippen LogP contribution is -2.24. The van der Waals surface area contributed by atoms with Crippen LogP contribution in [0.5, 0.6) is 0 Å². The summed E-state index contributed by atoms with van der Waals surface area (Å²) >= 11 is 1.28. The monoisotopic (exact) mass is 478 g/mol. The molecular formula is C25H30N6O2S. The average molecular weight is 479 g/mol. The van der Waals surface area contributed by atoms with E-state index >= 15 is 0 Å². The Labute approximate surface area is 203 Å². The summed E-state index contributed by atoms with van der Waals surface area (Å²) in [5.41, 5.74) is 3.49. The summed E-state index contributed by atoms with van der Waals surface area (Å²) in [6, 6.07) is 12.0. The normalized spacial score (nSPS) is 14.8. The van der Waals surface area contributed by atoms with E-state index in [0.29, 0.717) is 11.8 Å². The van der Waals surface area contributed by atoms with E-state index in [0.717, 1.165) is 27.0 Å². The maximum absolute atomic E-state index is 8.84. The molecule has 0 aliphatic heterocycles. The molecule has 8 nitrogen and oxygen atoms in total. The first-order chi connectivity index (χ1) is 16.5. The Bertz CT molecular complexity index is 1250. The summed E-state index contributed by atoms with van der Waals surface area (Å²) in [5, 5.41) is 34.5. The van der Waals surface area contributed by atoms with E-state index < -0.39 is 0 Å². The van der Waals surface area contributed by atoms with Gasteiger partial charge < -0.3 is 15.3 Å². The van der Waals surface area contributed by atoms with Crippen LogP contribution in [0.2, 0.25) is 0 Å². The van der Waals surface area contributed by atoms with Gasteiger partial charge in [-0.25, -0.2) is 0 Å². The molecule has 2 aromatic heterocycles. The fourth-order valence-corrected chi connectivity index (χ4v) is 4.81. The largest absolute Gasteiger partial charge is 0.393 e. The number of thioether (sulfide) groups is 1. The number of hydrogen-bond donors (Lipinski definition) is 4. The molecule has 1 saturated carbocycles. The zero-order valence-corrected chi connectivity index (χ0v) is 20.1. The summed E-state index contributed by atoms with van der Waals surface area (Å²) < 4.78 is 1.51. The van der Waals surface area contributed by atoms with Crippen LogP contribution in [0.25, 0.3) is 10.9 Å². The number of oxime groups is 1. The molecule has 2 heterocycles. The third-order valence-corrected chi connectivity index (χ3v) is 6.69. The van der Waals surface area contributed by atoms with Crippen LogP contribution >= 0.6 is 11.8 Å². The van der Waals surface area contributed by atoms with Gasteiger partial charge in [-0.15, -0.1) is 0 Å².